The fourth-order valence-corrected chi connectivity index (χ4v) is 4.82. The molecule has 5 heterocycles. The van der Waals surface area contributed by atoms with Crippen LogP contribution < -0.4 is 4.74 Å². The molecule has 0 aromatic carbocycles. The van der Waals surface area contributed by atoms with Crippen molar-refractivity contribution in [3.05, 3.63) is 32.4 Å². The minimum absolute atomic E-state index is 0.00319. The van der Waals surface area contributed by atoms with Gasteiger partial charge in [0.05, 0.1) is 35.1 Å². The topological polar surface area (TPSA) is 123 Å². The molecule has 0 spiro atoms. The van der Waals surface area contributed by atoms with E-state index in [2.05, 4.69) is 20.2 Å². The first-order valence-electron chi connectivity index (χ1n) is 9.97. The van der Waals surface area contributed by atoms with Gasteiger partial charge >= 0.3 is 11.6 Å². The third kappa shape index (κ3) is 3.70. The summed E-state index contributed by atoms with van der Waals surface area (Å²) in [7, 11) is 0. The van der Waals surface area contributed by atoms with Crippen molar-refractivity contribution in [2.45, 2.75) is 57.4 Å². The van der Waals surface area contributed by atoms with Crippen LogP contribution in [-0.2, 0) is 11.3 Å². The Morgan fingerprint density at radius 3 is 2.74 bits per heavy atom. The number of nitro groups is 1. The lowest BCUT2D eigenvalue weighted by molar-refractivity contribution is -0.386. The van der Waals surface area contributed by atoms with Crippen molar-refractivity contribution < 1.29 is 14.4 Å². The van der Waals surface area contributed by atoms with Gasteiger partial charge in [0, 0.05) is 6.20 Å². The van der Waals surface area contributed by atoms with E-state index in [9.17, 15) is 10.1 Å². The molecule has 0 amide bonds. The zero-order valence-electron chi connectivity index (χ0n) is 16.6. The van der Waals surface area contributed by atoms with Crippen LogP contribution in [0, 0.1) is 17.0 Å². The lowest BCUT2D eigenvalue weighted by Crippen LogP contribution is -2.28. The van der Waals surface area contributed by atoms with Crippen LogP contribution >= 0.6 is 23.2 Å². The van der Waals surface area contributed by atoms with E-state index in [0.717, 1.165) is 25.7 Å². The molecule has 5 rings (SSSR count). The Hall–Kier alpha value is -2.50. The molecular weight excluding hydrogens is 449 g/mol. The Bertz CT molecular complexity index is 1150. The lowest BCUT2D eigenvalue weighted by atomic mass is 10.0. The van der Waals surface area contributed by atoms with Crippen LogP contribution in [0.3, 0.4) is 0 Å². The van der Waals surface area contributed by atoms with Crippen LogP contribution in [0.15, 0.2) is 6.20 Å². The van der Waals surface area contributed by atoms with Crippen molar-refractivity contribution >= 4 is 39.9 Å². The van der Waals surface area contributed by atoms with Crippen molar-refractivity contribution in [1.82, 2.24) is 29.5 Å². The largest absolute Gasteiger partial charge is 0.470 e. The number of hydrogen-bond donors (Lipinski definition) is 0. The van der Waals surface area contributed by atoms with Gasteiger partial charge in [0.15, 0.2) is 10.8 Å². The average Bonchev–Trinajstić information content (AvgIpc) is 3.35. The summed E-state index contributed by atoms with van der Waals surface area (Å²) in [6.45, 7) is 2.04. The Kier molecular flexibility index (Phi) is 5.19. The van der Waals surface area contributed by atoms with Crippen molar-refractivity contribution in [2.24, 2.45) is 0 Å². The number of rotatable bonds is 6. The van der Waals surface area contributed by atoms with Crippen molar-refractivity contribution in [1.29, 1.82) is 0 Å². The van der Waals surface area contributed by atoms with Gasteiger partial charge in [-0.3, -0.25) is 14.8 Å². The zero-order chi connectivity index (χ0) is 21.7. The smallest absolute Gasteiger partial charge is 0.352 e. The summed E-state index contributed by atoms with van der Waals surface area (Å²) in [5.41, 5.74) is 0.827. The number of fused-ring (bicyclic) bond motifs is 3. The Balaban J connectivity index is 1.36. The van der Waals surface area contributed by atoms with Crippen molar-refractivity contribution in [3.63, 3.8) is 0 Å². The van der Waals surface area contributed by atoms with E-state index >= 15 is 0 Å². The van der Waals surface area contributed by atoms with E-state index in [0.29, 0.717) is 16.7 Å². The van der Waals surface area contributed by atoms with Gasteiger partial charge in [0.1, 0.15) is 12.3 Å². The third-order valence-corrected chi connectivity index (χ3v) is 6.30. The maximum absolute atomic E-state index is 11.7. The molecule has 2 aliphatic heterocycles. The Morgan fingerprint density at radius 2 is 2.03 bits per heavy atom. The molecule has 3 aromatic rings. The number of halogens is 2. The molecule has 2 bridgehead atoms. The second kappa shape index (κ2) is 7.88. The van der Waals surface area contributed by atoms with Gasteiger partial charge in [0.2, 0.25) is 5.28 Å². The summed E-state index contributed by atoms with van der Waals surface area (Å²) in [5.74, 6) is -0.00319. The van der Waals surface area contributed by atoms with Gasteiger partial charge in [-0.1, -0.05) is 11.6 Å². The van der Waals surface area contributed by atoms with E-state index in [1.54, 1.807) is 11.6 Å². The second-order valence-corrected chi connectivity index (χ2v) is 8.46. The summed E-state index contributed by atoms with van der Waals surface area (Å²) in [6, 6.07) is 0.0648. The molecule has 2 unspecified atom stereocenters. The van der Waals surface area contributed by atoms with Gasteiger partial charge in [-0.15, -0.1) is 5.10 Å². The van der Waals surface area contributed by atoms with E-state index in [-0.39, 0.29) is 53.4 Å². The van der Waals surface area contributed by atoms with Crippen LogP contribution in [0.2, 0.25) is 10.4 Å². The molecule has 31 heavy (non-hydrogen) atoms. The maximum atomic E-state index is 11.7. The maximum Gasteiger partial charge on any atom is 0.352 e. The van der Waals surface area contributed by atoms with E-state index in [4.69, 9.17) is 32.7 Å². The van der Waals surface area contributed by atoms with E-state index in [1.165, 1.54) is 10.9 Å². The Morgan fingerprint density at radius 1 is 1.29 bits per heavy atom. The summed E-state index contributed by atoms with van der Waals surface area (Å²) in [4.78, 5) is 19.3. The molecule has 0 saturated carbocycles. The van der Waals surface area contributed by atoms with Crippen molar-refractivity contribution in [2.75, 3.05) is 6.61 Å². The highest BCUT2D eigenvalue weighted by atomic mass is 35.5. The number of ether oxygens (including phenoxy) is 2. The summed E-state index contributed by atoms with van der Waals surface area (Å²) >= 11 is 12.0. The van der Waals surface area contributed by atoms with Crippen LogP contribution in [0.4, 0.5) is 5.69 Å². The predicted octanol–water partition coefficient (Wildman–Crippen LogP) is 3.51. The quantitative estimate of drug-likeness (QED) is 0.306. The SMILES string of the molecule is Cc1c([N+](=O)[O-])c(OCCn2nc(Cl)c3cnc(Cl)nc32)nn1C1CC2CCC(C1)O2. The minimum Gasteiger partial charge on any atom is -0.470 e. The van der Waals surface area contributed by atoms with Crippen LogP contribution in [-0.4, -0.2) is 53.3 Å². The molecule has 0 N–H and O–H groups in total. The highest BCUT2D eigenvalue weighted by Gasteiger charge is 2.38. The summed E-state index contributed by atoms with van der Waals surface area (Å²) < 4.78 is 14.9. The van der Waals surface area contributed by atoms with Crippen molar-refractivity contribution in [3.8, 4) is 5.88 Å². The average molecular weight is 468 g/mol. The molecule has 164 valence electrons. The molecule has 13 heteroatoms. The molecule has 0 aliphatic carbocycles. The molecule has 3 aromatic heterocycles. The van der Waals surface area contributed by atoms with Gasteiger partial charge in [-0.25, -0.2) is 9.67 Å². The molecule has 2 saturated heterocycles. The highest BCUT2D eigenvalue weighted by Crippen LogP contribution is 2.41. The zero-order valence-corrected chi connectivity index (χ0v) is 18.1. The van der Waals surface area contributed by atoms with Gasteiger partial charge in [-0.05, 0) is 44.2 Å². The van der Waals surface area contributed by atoms with E-state index in [1.807, 2.05) is 0 Å². The van der Waals surface area contributed by atoms with E-state index < -0.39 is 4.92 Å². The number of hydrogen-bond acceptors (Lipinski definition) is 8. The fourth-order valence-electron chi connectivity index (χ4n) is 4.46. The molecular formula is C18H19Cl2N7O4. The first kappa shape index (κ1) is 20.4. The first-order chi connectivity index (χ1) is 14.9. The number of nitrogens with zero attached hydrogens (tertiary/aromatic N) is 7. The molecule has 0 radical (unpaired) electrons. The molecule has 11 nitrogen and oxygen atoms in total. The first-order valence-corrected chi connectivity index (χ1v) is 10.7. The Labute approximate surface area is 186 Å². The van der Waals surface area contributed by atoms with Gasteiger partial charge in [0.25, 0.3) is 0 Å². The minimum atomic E-state index is -0.449. The summed E-state index contributed by atoms with van der Waals surface area (Å²) in [6.07, 6.45) is 5.54. The highest BCUT2D eigenvalue weighted by molar-refractivity contribution is 6.34. The predicted molar refractivity (Wildman–Crippen MR) is 111 cm³/mol. The standard InChI is InChI=1S/C18H19Cl2N7O4/c1-9-14(27(28)29)17(24-26(9)10-6-11-2-3-12(7-10)31-11)30-5-4-25-16-13(15(19)23-25)8-21-18(20)22-16/h8,10-12H,2-7H2,1H3. The molecule has 2 fully saturated rings. The number of aromatic nitrogens is 6. The fraction of sp³-hybridized carbons (Fsp3) is 0.556. The monoisotopic (exact) mass is 467 g/mol. The third-order valence-electron chi connectivity index (χ3n) is 5.84. The lowest BCUT2D eigenvalue weighted by Gasteiger charge is -2.28. The van der Waals surface area contributed by atoms with Crippen LogP contribution in [0.25, 0.3) is 11.0 Å². The second-order valence-electron chi connectivity index (χ2n) is 7.76. The molecule has 2 aliphatic rings. The van der Waals surface area contributed by atoms with Crippen LogP contribution in [0.1, 0.15) is 37.4 Å². The van der Waals surface area contributed by atoms with Crippen LogP contribution in [0.5, 0.6) is 5.88 Å². The molecule has 2 atom stereocenters. The van der Waals surface area contributed by atoms with Gasteiger partial charge in [-0.2, -0.15) is 10.1 Å². The summed E-state index contributed by atoms with van der Waals surface area (Å²) in [5, 5.41) is 21.3. The van der Waals surface area contributed by atoms with Gasteiger partial charge < -0.3 is 9.47 Å². The normalized spacial score (nSPS) is 22.9.